The van der Waals surface area contributed by atoms with E-state index in [1.54, 1.807) is 12.5 Å². The molecule has 0 amide bonds. The number of para-hydroxylation sites is 1. The lowest BCUT2D eigenvalue weighted by atomic mass is 10.0. The molecule has 19 heavy (non-hydrogen) atoms. The van der Waals surface area contributed by atoms with Gasteiger partial charge in [0, 0.05) is 10.9 Å². The highest BCUT2D eigenvalue weighted by molar-refractivity contribution is 5.82. The molecule has 3 nitrogen and oxygen atoms in total. The molecule has 1 atom stereocenters. The van der Waals surface area contributed by atoms with Gasteiger partial charge in [0.05, 0.1) is 29.8 Å². The first kappa shape index (κ1) is 11.9. The number of nitrogens with zero attached hydrogens (tertiary/aromatic N) is 1. The molecular weight excluding hydrogens is 236 g/mol. The quantitative estimate of drug-likeness (QED) is 0.776. The van der Waals surface area contributed by atoms with Crippen LogP contribution in [0.25, 0.3) is 10.9 Å². The minimum Gasteiger partial charge on any atom is -0.472 e. The number of benzene rings is 1. The van der Waals surface area contributed by atoms with Crippen molar-refractivity contribution >= 4 is 10.9 Å². The van der Waals surface area contributed by atoms with Gasteiger partial charge in [-0.25, -0.2) is 0 Å². The lowest BCUT2D eigenvalue weighted by Gasteiger charge is -2.15. The molecule has 2 heterocycles. The molecule has 3 heteroatoms. The molecule has 0 fully saturated rings. The summed E-state index contributed by atoms with van der Waals surface area (Å²) in [4.78, 5) is 4.76. The highest BCUT2D eigenvalue weighted by atomic mass is 16.3. The van der Waals surface area contributed by atoms with E-state index < -0.39 is 0 Å². The average Bonchev–Trinajstić information content (AvgIpc) is 2.94. The van der Waals surface area contributed by atoms with Gasteiger partial charge in [-0.05, 0) is 37.7 Å². The van der Waals surface area contributed by atoms with Crippen molar-refractivity contribution in [1.29, 1.82) is 0 Å². The zero-order valence-corrected chi connectivity index (χ0v) is 11.1. The number of rotatable bonds is 3. The van der Waals surface area contributed by atoms with Crippen molar-refractivity contribution in [1.82, 2.24) is 10.3 Å². The fraction of sp³-hybridized carbons (Fsp3) is 0.188. The Morgan fingerprint density at radius 2 is 2.05 bits per heavy atom. The molecule has 1 unspecified atom stereocenters. The number of fused-ring (bicyclic) bond motifs is 1. The van der Waals surface area contributed by atoms with Crippen LogP contribution in [0.2, 0.25) is 0 Å². The predicted octanol–water partition coefficient (Wildman–Crippen LogP) is 3.45. The molecule has 0 saturated heterocycles. The molecule has 0 bridgehead atoms. The predicted molar refractivity (Wildman–Crippen MR) is 76.1 cm³/mol. The van der Waals surface area contributed by atoms with Gasteiger partial charge < -0.3 is 9.73 Å². The van der Waals surface area contributed by atoms with Crippen LogP contribution in [-0.4, -0.2) is 12.0 Å². The Balaban J connectivity index is 2.14. The Labute approximate surface area is 112 Å². The average molecular weight is 252 g/mol. The number of furan rings is 1. The van der Waals surface area contributed by atoms with Crippen LogP contribution < -0.4 is 5.32 Å². The maximum absolute atomic E-state index is 5.17. The first-order chi connectivity index (χ1) is 9.29. The summed E-state index contributed by atoms with van der Waals surface area (Å²) in [6.45, 7) is 2.12. The molecule has 1 N–H and O–H groups in total. The van der Waals surface area contributed by atoms with Gasteiger partial charge in [0.15, 0.2) is 0 Å². The second-order valence-corrected chi connectivity index (χ2v) is 4.66. The number of aromatic nitrogens is 1. The van der Waals surface area contributed by atoms with Crippen LogP contribution in [0.3, 0.4) is 0 Å². The van der Waals surface area contributed by atoms with E-state index in [2.05, 4.69) is 24.4 Å². The van der Waals surface area contributed by atoms with E-state index in [-0.39, 0.29) is 6.04 Å². The van der Waals surface area contributed by atoms with Crippen LogP contribution >= 0.6 is 0 Å². The van der Waals surface area contributed by atoms with Crippen molar-refractivity contribution < 1.29 is 4.42 Å². The molecule has 2 aromatic heterocycles. The lowest BCUT2D eigenvalue weighted by Crippen LogP contribution is -2.18. The van der Waals surface area contributed by atoms with Gasteiger partial charge in [0.1, 0.15) is 0 Å². The van der Waals surface area contributed by atoms with Gasteiger partial charge in [-0.2, -0.15) is 0 Å². The number of hydrogen-bond donors (Lipinski definition) is 1. The monoisotopic (exact) mass is 252 g/mol. The maximum atomic E-state index is 5.17. The Hall–Kier alpha value is -2.13. The Bertz CT molecular complexity index is 689. The van der Waals surface area contributed by atoms with E-state index in [1.165, 1.54) is 10.9 Å². The molecule has 0 aliphatic rings. The first-order valence-electron chi connectivity index (χ1n) is 6.35. The van der Waals surface area contributed by atoms with Crippen LogP contribution in [0.5, 0.6) is 0 Å². The molecule has 0 radical (unpaired) electrons. The van der Waals surface area contributed by atoms with Crippen molar-refractivity contribution in [3.05, 3.63) is 65.7 Å². The first-order valence-corrected chi connectivity index (χ1v) is 6.35. The van der Waals surface area contributed by atoms with Gasteiger partial charge in [-0.15, -0.1) is 0 Å². The summed E-state index contributed by atoms with van der Waals surface area (Å²) < 4.78 is 5.17. The molecular formula is C16H16N2O. The third kappa shape index (κ3) is 2.13. The fourth-order valence-corrected chi connectivity index (χ4v) is 2.45. The second kappa shape index (κ2) is 4.86. The standard InChI is InChI=1S/C16H16N2O/c1-11-9-15(16(17-2)12-7-8-19-10-12)18-14-6-4-3-5-13(11)14/h3-10,16-17H,1-2H3. The molecule has 0 aliphatic carbocycles. The second-order valence-electron chi connectivity index (χ2n) is 4.66. The van der Waals surface area contributed by atoms with E-state index in [9.17, 15) is 0 Å². The van der Waals surface area contributed by atoms with Gasteiger partial charge in [0.25, 0.3) is 0 Å². The van der Waals surface area contributed by atoms with Crippen molar-refractivity contribution in [2.24, 2.45) is 0 Å². The van der Waals surface area contributed by atoms with E-state index in [0.29, 0.717) is 0 Å². The highest BCUT2D eigenvalue weighted by Gasteiger charge is 2.15. The van der Waals surface area contributed by atoms with Crippen LogP contribution in [0.1, 0.15) is 22.9 Å². The lowest BCUT2D eigenvalue weighted by molar-refractivity contribution is 0.556. The largest absolute Gasteiger partial charge is 0.472 e. The molecule has 3 rings (SSSR count). The Kier molecular flexibility index (Phi) is 3.05. The third-order valence-corrected chi connectivity index (χ3v) is 3.40. The van der Waals surface area contributed by atoms with Gasteiger partial charge in [-0.3, -0.25) is 4.98 Å². The SMILES string of the molecule is CNC(c1ccoc1)c1cc(C)c2ccccc2n1. The molecule has 96 valence electrons. The Morgan fingerprint density at radius 3 is 2.79 bits per heavy atom. The van der Waals surface area contributed by atoms with Crippen molar-refractivity contribution in [3.63, 3.8) is 0 Å². The van der Waals surface area contributed by atoms with Crippen molar-refractivity contribution in [3.8, 4) is 0 Å². The third-order valence-electron chi connectivity index (χ3n) is 3.40. The number of nitrogens with one attached hydrogen (secondary N) is 1. The summed E-state index contributed by atoms with van der Waals surface area (Å²) in [5, 5.41) is 4.49. The molecule has 1 aromatic carbocycles. The fourth-order valence-electron chi connectivity index (χ4n) is 2.45. The summed E-state index contributed by atoms with van der Waals surface area (Å²) in [6, 6.07) is 12.4. The number of hydrogen-bond acceptors (Lipinski definition) is 3. The summed E-state index contributed by atoms with van der Waals surface area (Å²) in [5.41, 5.74) is 4.37. The smallest absolute Gasteiger partial charge is 0.0954 e. The molecule has 0 spiro atoms. The molecule has 0 aliphatic heterocycles. The number of pyridine rings is 1. The highest BCUT2D eigenvalue weighted by Crippen LogP contribution is 2.25. The van der Waals surface area contributed by atoms with Crippen LogP contribution in [0.15, 0.2) is 53.3 Å². The minimum atomic E-state index is 0.0575. The summed E-state index contributed by atoms with van der Waals surface area (Å²) in [5.74, 6) is 0. The van der Waals surface area contributed by atoms with Crippen LogP contribution in [0.4, 0.5) is 0 Å². The van der Waals surface area contributed by atoms with E-state index in [1.807, 2.05) is 31.3 Å². The van der Waals surface area contributed by atoms with Crippen LogP contribution in [0, 0.1) is 6.92 Å². The van der Waals surface area contributed by atoms with E-state index >= 15 is 0 Å². The van der Waals surface area contributed by atoms with E-state index in [4.69, 9.17) is 9.40 Å². The van der Waals surface area contributed by atoms with E-state index in [0.717, 1.165) is 16.8 Å². The van der Waals surface area contributed by atoms with Crippen molar-refractivity contribution in [2.45, 2.75) is 13.0 Å². The summed E-state index contributed by atoms with van der Waals surface area (Å²) in [6.07, 6.45) is 3.45. The zero-order chi connectivity index (χ0) is 13.2. The minimum absolute atomic E-state index is 0.0575. The van der Waals surface area contributed by atoms with Crippen LogP contribution in [-0.2, 0) is 0 Å². The van der Waals surface area contributed by atoms with Gasteiger partial charge in [-0.1, -0.05) is 18.2 Å². The van der Waals surface area contributed by atoms with Gasteiger partial charge >= 0.3 is 0 Å². The normalized spacial score (nSPS) is 12.7. The zero-order valence-electron chi connectivity index (χ0n) is 11.1. The van der Waals surface area contributed by atoms with Crippen molar-refractivity contribution in [2.75, 3.05) is 7.05 Å². The molecule has 0 saturated carbocycles. The topological polar surface area (TPSA) is 38.1 Å². The summed E-state index contributed by atoms with van der Waals surface area (Å²) in [7, 11) is 1.93. The summed E-state index contributed by atoms with van der Waals surface area (Å²) >= 11 is 0. The number of aryl methyl sites for hydroxylation is 1. The maximum Gasteiger partial charge on any atom is 0.0954 e. The van der Waals surface area contributed by atoms with Gasteiger partial charge in [0.2, 0.25) is 0 Å². The molecule has 3 aromatic rings. The Morgan fingerprint density at radius 1 is 1.21 bits per heavy atom.